The summed E-state index contributed by atoms with van der Waals surface area (Å²) in [6, 6.07) is 7.68. The summed E-state index contributed by atoms with van der Waals surface area (Å²) in [6.07, 6.45) is -2.23. The van der Waals surface area contributed by atoms with Gasteiger partial charge in [-0.2, -0.15) is 18.3 Å². The third-order valence-electron chi connectivity index (χ3n) is 3.38. The van der Waals surface area contributed by atoms with E-state index in [1.807, 2.05) is 0 Å². The van der Waals surface area contributed by atoms with E-state index in [-0.39, 0.29) is 18.1 Å². The number of carbonyl (C=O) groups is 1. The van der Waals surface area contributed by atoms with Gasteiger partial charge in [-0.25, -0.2) is 0 Å². The summed E-state index contributed by atoms with van der Waals surface area (Å²) in [5.74, 6) is 0.0705. The molecule has 3 rings (SSSR count). The van der Waals surface area contributed by atoms with Gasteiger partial charge in [-0.05, 0) is 30.3 Å². The topological polar surface area (TPSA) is 69.3 Å². The van der Waals surface area contributed by atoms with Crippen molar-refractivity contribution in [3.8, 4) is 5.75 Å². The summed E-state index contributed by atoms with van der Waals surface area (Å²) in [5.41, 5.74) is 0.108. The van der Waals surface area contributed by atoms with E-state index in [2.05, 4.69) is 10.4 Å². The summed E-state index contributed by atoms with van der Waals surface area (Å²) in [7, 11) is 0. The maximum Gasteiger partial charge on any atom is 0.408 e. The molecular formula is C17H12Cl2F3N3O3. The lowest BCUT2D eigenvalue weighted by atomic mass is 10.3. The van der Waals surface area contributed by atoms with Crippen LogP contribution in [-0.4, -0.2) is 21.9 Å². The summed E-state index contributed by atoms with van der Waals surface area (Å²) >= 11 is 11.8. The van der Waals surface area contributed by atoms with E-state index in [1.54, 1.807) is 12.1 Å². The Kier molecular flexibility index (Phi) is 5.85. The van der Waals surface area contributed by atoms with Crippen LogP contribution >= 0.6 is 23.2 Å². The molecule has 0 aliphatic heterocycles. The third kappa shape index (κ3) is 5.43. The maximum absolute atomic E-state index is 12.3. The van der Waals surface area contributed by atoms with E-state index in [0.29, 0.717) is 26.2 Å². The molecule has 0 aliphatic carbocycles. The van der Waals surface area contributed by atoms with Crippen LogP contribution in [0.15, 0.2) is 47.1 Å². The lowest BCUT2D eigenvalue weighted by Crippen LogP contribution is -2.17. The first-order valence-corrected chi connectivity index (χ1v) is 8.52. The molecule has 0 spiro atoms. The molecule has 0 radical (unpaired) electrons. The molecule has 2 aromatic heterocycles. The number of amides is 1. The fraction of sp³-hybridized carbons (Fsp3) is 0.176. The lowest BCUT2D eigenvalue weighted by Gasteiger charge is -2.06. The first-order valence-electron chi connectivity index (χ1n) is 7.77. The highest BCUT2D eigenvalue weighted by atomic mass is 35.5. The molecule has 11 heteroatoms. The Bertz CT molecular complexity index is 985. The van der Waals surface area contributed by atoms with E-state index in [1.165, 1.54) is 18.2 Å². The van der Waals surface area contributed by atoms with Gasteiger partial charge in [-0.1, -0.05) is 23.2 Å². The fourth-order valence-corrected chi connectivity index (χ4v) is 2.67. The molecule has 1 N–H and O–H groups in total. The van der Waals surface area contributed by atoms with Crippen LogP contribution in [0.2, 0.25) is 10.0 Å². The second-order valence-electron chi connectivity index (χ2n) is 5.63. The van der Waals surface area contributed by atoms with Gasteiger partial charge in [0, 0.05) is 11.2 Å². The van der Waals surface area contributed by atoms with Crippen molar-refractivity contribution in [3.63, 3.8) is 0 Å². The van der Waals surface area contributed by atoms with Crippen molar-refractivity contribution < 1.29 is 27.1 Å². The van der Waals surface area contributed by atoms with E-state index in [9.17, 15) is 18.0 Å². The summed E-state index contributed by atoms with van der Waals surface area (Å²) in [6.45, 7) is -1.24. The van der Waals surface area contributed by atoms with E-state index in [4.69, 9.17) is 32.4 Å². The molecule has 0 saturated heterocycles. The zero-order valence-corrected chi connectivity index (χ0v) is 15.5. The largest absolute Gasteiger partial charge is 0.484 e. The van der Waals surface area contributed by atoms with Gasteiger partial charge in [-0.15, -0.1) is 0 Å². The molecule has 6 nitrogen and oxygen atoms in total. The molecule has 2 heterocycles. The Morgan fingerprint density at radius 2 is 2.04 bits per heavy atom. The van der Waals surface area contributed by atoms with Crippen molar-refractivity contribution in [1.29, 1.82) is 0 Å². The van der Waals surface area contributed by atoms with Crippen LogP contribution in [0.1, 0.15) is 16.3 Å². The van der Waals surface area contributed by atoms with Gasteiger partial charge >= 0.3 is 6.18 Å². The van der Waals surface area contributed by atoms with Crippen LogP contribution in [0.3, 0.4) is 0 Å². The molecule has 28 heavy (non-hydrogen) atoms. The Balaban J connectivity index is 1.58. The minimum atomic E-state index is -4.41. The molecule has 0 fully saturated rings. The number of alkyl halides is 3. The second-order valence-corrected chi connectivity index (χ2v) is 6.47. The lowest BCUT2D eigenvalue weighted by molar-refractivity contribution is -0.142. The number of nitrogens with zero attached hydrogens (tertiary/aromatic N) is 2. The number of furan rings is 1. The van der Waals surface area contributed by atoms with Crippen LogP contribution in [-0.2, 0) is 13.2 Å². The zero-order chi connectivity index (χ0) is 20.3. The normalized spacial score (nSPS) is 11.5. The van der Waals surface area contributed by atoms with Crippen molar-refractivity contribution in [3.05, 3.63) is 64.3 Å². The standard InChI is InChI=1S/C17H12Cl2F3N3O3/c18-10-1-3-14(13(19)5-10)27-8-12-2-4-15(28-12)16(26)24-11-6-23-25(7-11)9-17(20,21)22/h1-7H,8-9H2,(H,24,26). The SMILES string of the molecule is O=C(Nc1cnn(CC(F)(F)F)c1)c1ccc(COc2ccc(Cl)cc2Cl)o1. The minimum Gasteiger partial charge on any atom is -0.484 e. The van der Waals surface area contributed by atoms with Gasteiger partial charge < -0.3 is 14.5 Å². The molecule has 1 aromatic carbocycles. The van der Waals surface area contributed by atoms with Gasteiger partial charge in [0.05, 0.1) is 16.9 Å². The number of benzene rings is 1. The molecule has 0 saturated carbocycles. The molecule has 0 bridgehead atoms. The maximum atomic E-state index is 12.3. The van der Waals surface area contributed by atoms with Crippen LogP contribution in [0.25, 0.3) is 0 Å². The predicted molar refractivity (Wildman–Crippen MR) is 95.7 cm³/mol. The smallest absolute Gasteiger partial charge is 0.408 e. The van der Waals surface area contributed by atoms with Crippen LogP contribution < -0.4 is 10.1 Å². The molecule has 1 amide bonds. The highest BCUT2D eigenvalue weighted by Crippen LogP contribution is 2.28. The minimum absolute atomic E-state index is 0.0121. The monoisotopic (exact) mass is 433 g/mol. The molecule has 148 valence electrons. The number of ether oxygens (including phenoxy) is 1. The van der Waals surface area contributed by atoms with Gasteiger partial charge in [0.15, 0.2) is 5.76 Å². The number of anilines is 1. The second kappa shape index (κ2) is 8.15. The Labute approximate surface area is 166 Å². The number of hydrogen-bond acceptors (Lipinski definition) is 4. The average Bonchev–Trinajstić information content (AvgIpc) is 3.22. The van der Waals surface area contributed by atoms with E-state index in [0.717, 1.165) is 12.4 Å². The fourth-order valence-electron chi connectivity index (χ4n) is 2.21. The van der Waals surface area contributed by atoms with Crippen LogP contribution in [0.4, 0.5) is 18.9 Å². The zero-order valence-electron chi connectivity index (χ0n) is 14.0. The highest BCUT2D eigenvalue weighted by Gasteiger charge is 2.28. The average molecular weight is 434 g/mol. The van der Waals surface area contributed by atoms with Gasteiger partial charge in [-0.3, -0.25) is 9.48 Å². The predicted octanol–water partition coefficient (Wildman–Crippen LogP) is 5.18. The molecule has 3 aromatic rings. The number of rotatable bonds is 6. The number of carbonyl (C=O) groups excluding carboxylic acids is 1. The Morgan fingerprint density at radius 1 is 1.25 bits per heavy atom. The van der Waals surface area contributed by atoms with Gasteiger partial charge in [0.1, 0.15) is 24.7 Å². The number of halogens is 5. The highest BCUT2D eigenvalue weighted by molar-refractivity contribution is 6.35. The summed E-state index contributed by atoms with van der Waals surface area (Å²) in [5, 5.41) is 6.74. The van der Waals surface area contributed by atoms with E-state index < -0.39 is 18.6 Å². The van der Waals surface area contributed by atoms with E-state index >= 15 is 0 Å². The molecule has 0 unspecified atom stereocenters. The van der Waals surface area contributed by atoms with Crippen LogP contribution in [0.5, 0.6) is 5.75 Å². The molecule has 0 atom stereocenters. The van der Waals surface area contributed by atoms with Gasteiger partial charge in [0.25, 0.3) is 5.91 Å². The number of aromatic nitrogens is 2. The summed E-state index contributed by atoms with van der Waals surface area (Å²) in [4.78, 5) is 12.1. The van der Waals surface area contributed by atoms with Crippen LogP contribution in [0, 0.1) is 0 Å². The Hall–Kier alpha value is -2.65. The van der Waals surface area contributed by atoms with Crippen molar-refractivity contribution in [2.24, 2.45) is 0 Å². The Morgan fingerprint density at radius 3 is 2.75 bits per heavy atom. The van der Waals surface area contributed by atoms with Crippen molar-refractivity contribution in [2.75, 3.05) is 5.32 Å². The third-order valence-corrected chi connectivity index (χ3v) is 3.91. The number of hydrogen-bond donors (Lipinski definition) is 1. The first kappa shape index (κ1) is 20.1. The van der Waals surface area contributed by atoms with Crippen molar-refractivity contribution >= 4 is 34.8 Å². The molecular weight excluding hydrogens is 422 g/mol. The van der Waals surface area contributed by atoms with Gasteiger partial charge in [0.2, 0.25) is 0 Å². The summed E-state index contributed by atoms with van der Waals surface area (Å²) < 4.78 is 48.5. The first-order chi connectivity index (χ1) is 13.2. The number of nitrogens with one attached hydrogen (secondary N) is 1. The van der Waals surface area contributed by atoms with Crippen molar-refractivity contribution in [2.45, 2.75) is 19.3 Å². The van der Waals surface area contributed by atoms with Crippen molar-refractivity contribution in [1.82, 2.24) is 9.78 Å². The molecule has 0 aliphatic rings. The quantitative estimate of drug-likeness (QED) is 0.581.